The van der Waals surface area contributed by atoms with Crippen LogP contribution in [0.5, 0.6) is 5.75 Å². The van der Waals surface area contributed by atoms with E-state index in [4.69, 9.17) is 4.74 Å². The van der Waals surface area contributed by atoms with Crippen molar-refractivity contribution in [3.63, 3.8) is 0 Å². The fourth-order valence-corrected chi connectivity index (χ4v) is 3.65. The number of fused-ring (bicyclic) bond motifs is 1. The highest BCUT2D eigenvalue weighted by Gasteiger charge is 2.21. The standard InChI is InChI=1S/C24H24N2O3/c27-18-19-5-8-22(9-6-19)25-12-14-26(15-13-25)24(28)11-16-29-23-10-7-20-3-1-2-4-21(20)17-23/h1-10,17-18H,11-16H2. The molecule has 148 valence electrons. The van der Waals surface area contributed by atoms with Gasteiger partial charge < -0.3 is 14.5 Å². The smallest absolute Gasteiger partial charge is 0.226 e. The van der Waals surface area contributed by atoms with E-state index < -0.39 is 0 Å². The molecule has 0 atom stereocenters. The summed E-state index contributed by atoms with van der Waals surface area (Å²) in [5.74, 6) is 0.918. The topological polar surface area (TPSA) is 49.9 Å². The van der Waals surface area contributed by atoms with Crippen LogP contribution in [0.2, 0.25) is 0 Å². The second kappa shape index (κ2) is 8.78. The van der Waals surface area contributed by atoms with Gasteiger partial charge in [0.05, 0.1) is 13.0 Å². The summed E-state index contributed by atoms with van der Waals surface area (Å²) in [6.07, 6.45) is 1.22. The first kappa shape index (κ1) is 19.0. The van der Waals surface area contributed by atoms with Crippen LogP contribution in [0, 0.1) is 0 Å². The lowest BCUT2D eigenvalue weighted by atomic mass is 10.1. The van der Waals surface area contributed by atoms with Gasteiger partial charge in [0.2, 0.25) is 5.91 Å². The number of piperazine rings is 1. The molecule has 1 saturated heterocycles. The summed E-state index contributed by atoms with van der Waals surface area (Å²) in [5.41, 5.74) is 1.76. The van der Waals surface area contributed by atoms with Crippen LogP contribution in [0.4, 0.5) is 5.69 Å². The zero-order valence-electron chi connectivity index (χ0n) is 16.3. The maximum atomic E-state index is 12.5. The van der Waals surface area contributed by atoms with Gasteiger partial charge in [0.1, 0.15) is 12.0 Å². The SMILES string of the molecule is O=Cc1ccc(N2CCN(C(=O)CCOc3ccc4ccccc4c3)CC2)cc1. The Labute approximate surface area is 170 Å². The van der Waals surface area contributed by atoms with Crippen molar-refractivity contribution in [2.75, 3.05) is 37.7 Å². The predicted molar refractivity (Wildman–Crippen MR) is 115 cm³/mol. The highest BCUT2D eigenvalue weighted by Crippen LogP contribution is 2.21. The summed E-state index contributed by atoms with van der Waals surface area (Å²) in [5, 5.41) is 2.31. The third kappa shape index (κ3) is 4.57. The molecule has 0 aromatic heterocycles. The van der Waals surface area contributed by atoms with E-state index >= 15 is 0 Å². The number of ether oxygens (including phenoxy) is 1. The van der Waals surface area contributed by atoms with Crippen molar-refractivity contribution >= 4 is 28.7 Å². The molecular formula is C24H24N2O3. The number of aldehydes is 1. The molecule has 1 amide bonds. The minimum absolute atomic E-state index is 0.127. The maximum absolute atomic E-state index is 12.5. The lowest BCUT2D eigenvalue weighted by Gasteiger charge is -2.36. The first-order chi connectivity index (χ1) is 14.2. The maximum Gasteiger partial charge on any atom is 0.226 e. The molecule has 3 aromatic rings. The van der Waals surface area contributed by atoms with E-state index in [1.165, 1.54) is 5.39 Å². The predicted octanol–water partition coefficient (Wildman–Crippen LogP) is 3.77. The third-order valence-electron chi connectivity index (χ3n) is 5.33. The lowest BCUT2D eigenvalue weighted by molar-refractivity contribution is -0.132. The highest BCUT2D eigenvalue weighted by atomic mass is 16.5. The Morgan fingerprint density at radius 1 is 0.897 bits per heavy atom. The van der Waals surface area contributed by atoms with Crippen molar-refractivity contribution in [3.8, 4) is 5.75 Å². The summed E-state index contributed by atoms with van der Waals surface area (Å²) in [4.78, 5) is 27.4. The Morgan fingerprint density at radius 2 is 1.62 bits per heavy atom. The highest BCUT2D eigenvalue weighted by molar-refractivity contribution is 5.83. The normalized spacial score (nSPS) is 14.1. The van der Waals surface area contributed by atoms with Crippen molar-refractivity contribution in [3.05, 3.63) is 72.3 Å². The largest absolute Gasteiger partial charge is 0.493 e. The van der Waals surface area contributed by atoms with Crippen molar-refractivity contribution in [2.45, 2.75) is 6.42 Å². The van der Waals surface area contributed by atoms with Crippen molar-refractivity contribution < 1.29 is 14.3 Å². The van der Waals surface area contributed by atoms with Crippen molar-refractivity contribution in [2.24, 2.45) is 0 Å². The van der Waals surface area contributed by atoms with Gasteiger partial charge in [-0.3, -0.25) is 9.59 Å². The zero-order valence-corrected chi connectivity index (χ0v) is 16.3. The van der Waals surface area contributed by atoms with Crippen LogP contribution in [-0.4, -0.2) is 49.9 Å². The van der Waals surface area contributed by atoms with E-state index in [0.717, 1.165) is 36.2 Å². The van der Waals surface area contributed by atoms with Crippen LogP contribution in [-0.2, 0) is 4.79 Å². The fourth-order valence-electron chi connectivity index (χ4n) is 3.65. The first-order valence-corrected chi connectivity index (χ1v) is 9.92. The number of hydrogen-bond acceptors (Lipinski definition) is 4. The minimum Gasteiger partial charge on any atom is -0.493 e. The number of rotatable bonds is 6. The van der Waals surface area contributed by atoms with Gasteiger partial charge >= 0.3 is 0 Å². The number of anilines is 1. The van der Waals surface area contributed by atoms with Crippen molar-refractivity contribution in [1.82, 2.24) is 4.90 Å². The van der Waals surface area contributed by atoms with Gasteiger partial charge in [-0.15, -0.1) is 0 Å². The quantitative estimate of drug-likeness (QED) is 0.603. The monoisotopic (exact) mass is 388 g/mol. The molecule has 0 N–H and O–H groups in total. The average Bonchev–Trinajstić information content (AvgIpc) is 2.79. The van der Waals surface area contributed by atoms with E-state index in [9.17, 15) is 9.59 Å². The number of amides is 1. The van der Waals surface area contributed by atoms with E-state index in [1.54, 1.807) is 0 Å². The van der Waals surface area contributed by atoms with Gasteiger partial charge in [-0.1, -0.05) is 30.3 Å². The van der Waals surface area contributed by atoms with Gasteiger partial charge in [0, 0.05) is 37.4 Å². The van der Waals surface area contributed by atoms with E-state index in [-0.39, 0.29) is 5.91 Å². The van der Waals surface area contributed by atoms with Crippen LogP contribution in [0.1, 0.15) is 16.8 Å². The molecule has 5 nitrogen and oxygen atoms in total. The van der Waals surface area contributed by atoms with Gasteiger partial charge in [0.25, 0.3) is 0 Å². The molecule has 1 heterocycles. The molecular weight excluding hydrogens is 364 g/mol. The molecule has 1 fully saturated rings. The summed E-state index contributed by atoms with van der Waals surface area (Å²) in [7, 11) is 0. The molecule has 0 spiro atoms. The Morgan fingerprint density at radius 3 is 2.34 bits per heavy atom. The third-order valence-corrected chi connectivity index (χ3v) is 5.33. The number of carbonyl (C=O) groups is 2. The fraction of sp³-hybridized carbons (Fsp3) is 0.250. The summed E-state index contributed by atoms with van der Waals surface area (Å²) >= 11 is 0. The lowest BCUT2D eigenvalue weighted by Crippen LogP contribution is -2.49. The number of benzene rings is 3. The molecule has 1 aliphatic heterocycles. The minimum atomic E-state index is 0.127. The molecule has 1 aliphatic rings. The van der Waals surface area contributed by atoms with E-state index in [1.807, 2.05) is 59.5 Å². The van der Waals surface area contributed by atoms with Gasteiger partial charge in [-0.25, -0.2) is 0 Å². The first-order valence-electron chi connectivity index (χ1n) is 9.92. The van der Waals surface area contributed by atoms with Gasteiger partial charge in [-0.2, -0.15) is 0 Å². The number of carbonyl (C=O) groups excluding carboxylic acids is 2. The summed E-state index contributed by atoms with van der Waals surface area (Å²) in [6.45, 7) is 3.36. The van der Waals surface area contributed by atoms with Crippen molar-refractivity contribution in [1.29, 1.82) is 0 Å². The molecule has 0 radical (unpaired) electrons. The van der Waals surface area contributed by atoms with Gasteiger partial charge in [-0.05, 0) is 47.2 Å². The molecule has 3 aromatic carbocycles. The number of hydrogen-bond donors (Lipinski definition) is 0. The summed E-state index contributed by atoms with van der Waals surface area (Å²) < 4.78 is 5.80. The molecule has 0 aliphatic carbocycles. The van der Waals surface area contributed by atoms with Crippen LogP contribution in [0.25, 0.3) is 10.8 Å². The van der Waals surface area contributed by atoms with Crippen LogP contribution < -0.4 is 9.64 Å². The van der Waals surface area contributed by atoms with Crippen LogP contribution in [0.3, 0.4) is 0 Å². The Bertz CT molecular complexity index is 992. The van der Waals surface area contributed by atoms with E-state index in [0.29, 0.717) is 31.7 Å². The second-order valence-corrected chi connectivity index (χ2v) is 7.18. The Kier molecular flexibility index (Phi) is 5.75. The van der Waals surface area contributed by atoms with Crippen LogP contribution in [0.15, 0.2) is 66.7 Å². The summed E-state index contributed by atoms with van der Waals surface area (Å²) in [6, 6.07) is 21.7. The zero-order chi connectivity index (χ0) is 20.1. The molecule has 0 unspecified atom stereocenters. The molecule has 5 heteroatoms. The number of nitrogens with zero attached hydrogens (tertiary/aromatic N) is 2. The Hall–Kier alpha value is -3.34. The van der Waals surface area contributed by atoms with E-state index in [2.05, 4.69) is 17.0 Å². The molecule has 4 rings (SSSR count). The molecule has 0 bridgehead atoms. The average molecular weight is 388 g/mol. The molecule has 0 saturated carbocycles. The van der Waals surface area contributed by atoms with Gasteiger partial charge in [0.15, 0.2) is 0 Å². The Balaban J connectivity index is 1.24. The van der Waals surface area contributed by atoms with Crippen LogP contribution >= 0.6 is 0 Å². The second-order valence-electron chi connectivity index (χ2n) is 7.18. The molecule has 29 heavy (non-hydrogen) atoms.